The van der Waals surface area contributed by atoms with Crippen LogP contribution in [0.25, 0.3) is 0 Å². The Kier molecular flexibility index (Phi) is 12.4. The molecule has 0 heterocycles. The van der Waals surface area contributed by atoms with Crippen molar-refractivity contribution in [1.29, 1.82) is 0 Å². The van der Waals surface area contributed by atoms with E-state index in [1.165, 1.54) is 64.2 Å². The fraction of sp³-hybridized carbons (Fsp3) is 1.00. The first-order chi connectivity index (χ1) is 8.33. The molecule has 0 bridgehead atoms. The van der Waals surface area contributed by atoms with E-state index in [9.17, 15) is 0 Å². The Balaban J connectivity index is 0.00000121. The molecule has 0 aliphatic heterocycles. The van der Waals surface area contributed by atoms with Gasteiger partial charge in [0.05, 0.1) is 0 Å². The molecule has 0 radical (unpaired) electrons. The van der Waals surface area contributed by atoms with E-state index < -0.39 is 0 Å². The van der Waals surface area contributed by atoms with Crippen molar-refractivity contribution in [2.75, 3.05) is 6.61 Å². The first kappa shape index (κ1) is 17.0. The van der Waals surface area contributed by atoms with Gasteiger partial charge in [0, 0.05) is 6.61 Å². The van der Waals surface area contributed by atoms with Crippen molar-refractivity contribution in [3.05, 3.63) is 0 Å². The lowest BCUT2D eigenvalue weighted by atomic mass is 9.85. The van der Waals surface area contributed by atoms with Gasteiger partial charge in [-0.1, -0.05) is 78.6 Å². The lowest BCUT2D eigenvalue weighted by molar-refractivity contribution is 0.226. The highest BCUT2D eigenvalue weighted by atomic mass is 16.3. The first-order valence-electron chi connectivity index (χ1n) is 7.93. The van der Waals surface area contributed by atoms with Crippen LogP contribution >= 0.6 is 0 Å². The summed E-state index contributed by atoms with van der Waals surface area (Å²) in [4.78, 5) is 0. The third-order valence-corrected chi connectivity index (χ3v) is 3.85. The zero-order chi connectivity index (χ0) is 12.9. The van der Waals surface area contributed by atoms with Gasteiger partial charge in [0.2, 0.25) is 0 Å². The van der Waals surface area contributed by atoms with E-state index in [-0.39, 0.29) is 0 Å². The van der Waals surface area contributed by atoms with Crippen molar-refractivity contribution in [3.63, 3.8) is 0 Å². The Morgan fingerprint density at radius 3 is 2.24 bits per heavy atom. The molecule has 1 aliphatic carbocycles. The van der Waals surface area contributed by atoms with Gasteiger partial charge in [0.15, 0.2) is 0 Å². The molecule has 104 valence electrons. The van der Waals surface area contributed by atoms with Crippen molar-refractivity contribution in [2.24, 2.45) is 11.8 Å². The molecule has 1 heteroatoms. The zero-order valence-corrected chi connectivity index (χ0v) is 12.4. The van der Waals surface area contributed by atoms with E-state index in [0.29, 0.717) is 12.5 Å². The predicted molar refractivity (Wildman–Crippen MR) is 77.3 cm³/mol. The molecule has 1 fully saturated rings. The molecule has 1 aliphatic rings. The Morgan fingerprint density at radius 1 is 1.00 bits per heavy atom. The van der Waals surface area contributed by atoms with Crippen LogP contribution in [0.1, 0.15) is 85.0 Å². The van der Waals surface area contributed by atoms with E-state index in [2.05, 4.69) is 6.92 Å². The average molecular weight is 242 g/mol. The number of unbranched alkanes of at least 4 members (excludes halogenated alkanes) is 2. The minimum Gasteiger partial charge on any atom is -0.396 e. The number of hydrogen-bond donors (Lipinski definition) is 1. The highest BCUT2D eigenvalue weighted by Gasteiger charge is 2.12. The summed E-state index contributed by atoms with van der Waals surface area (Å²) >= 11 is 0. The molecule has 1 N–H and O–H groups in total. The quantitative estimate of drug-likeness (QED) is 0.610. The summed E-state index contributed by atoms with van der Waals surface area (Å²) in [5.74, 6) is 1.56. The molecule has 0 aromatic carbocycles. The fourth-order valence-electron chi connectivity index (χ4n) is 2.67. The second kappa shape index (κ2) is 12.4. The summed E-state index contributed by atoms with van der Waals surface area (Å²) in [5.41, 5.74) is 0. The van der Waals surface area contributed by atoms with Gasteiger partial charge in [-0.2, -0.15) is 0 Å². The SMILES string of the molecule is CC.CC(CO)CCCCCC1CCCCC1. The molecule has 0 amide bonds. The van der Waals surface area contributed by atoms with E-state index in [1.54, 1.807) is 0 Å². The van der Waals surface area contributed by atoms with Crippen molar-refractivity contribution in [3.8, 4) is 0 Å². The normalized spacial score (nSPS) is 18.4. The van der Waals surface area contributed by atoms with E-state index in [4.69, 9.17) is 5.11 Å². The maximum atomic E-state index is 8.90. The molecule has 1 unspecified atom stereocenters. The van der Waals surface area contributed by atoms with Crippen LogP contribution < -0.4 is 0 Å². The maximum Gasteiger partial charge on any atom is 0.0456 e. The highest BCUT2D eigenvalue weighted by Crippen LogP contribution is 2.28. The van der Waals surface area contributed by atoms with Crippen molar-refractivity contribution >= 4 is 0 Å². The minimum absolute atomic E-state index is 0.364. The van der Waals surface area contributed by atoms with E-state index in [1.807, 2.05) is 13.8 Å². The zero-order valence-electron chi connectivity index (χ0n) is 12.4. The number of aliphatic hydroxyl groups is 1. The summed E-state index contributed by atoms with van der Waals surface area (Å²) in [7, 11) is 0. The predicted octanol–water partition coefficient (Wildman–Crippen LogP) is 5.17. The molecule has 0 spiro atoms. The number of hydrogen-bond acceptors (Lipinski definition) is 1. The molecule has 17 heavy (non-hydrogen) atoms. The van der Waals surface area contributed by atoms with Crippen LogP contribution in [-0.2, 0) is 0 Å². The Hall–Kier alpha value is -0.0400. The van der Waals surface area contributed by atoms with Gasteiger partial charge in [-0.05, 0) is 18.3 Å². The summed E-state index contributed by atoms with van der Waals surface area (Å²) < 4.78 is 0. The van der Waals surface area contributed by atoms with Gasteiger partial charge >= 0.3 is 0 Å². The molecule has 1 nitrogen and oxygen atoms in total. The fourth-order valence-corrected chi connectivity index (χ4v) is 2.67. The lowest BCUT2D eigenvalue weighted by Gasteiger charge is -2.21. The van der Waals surface area contributed by atoms with E-state index in [0.717, 1.165) is 5.92 Å². The lowest BCUT2D eigenvalue weighted by Crippen LogP contribution is -2.06. The van der Waals surface area contributed by atoms with Crippen molar-refractivity contribution in [1.82, 2.24) is 0 Å². The third kappa shape index (κ3) is 9.64. The summed E-state index contributed by atoms with van der Waals surface area (Å²) in [6.45, 7) is 6.50. The van der Waals surface area contributed by atoms with Gasteiger partial charge in [-0.25, -0.2) is 0 Å². The molecule has 0 saturated heterocycles. The molecule has 1 saturated carbocycles. The van der Waals surface area contributed by atoms with Crippen LogP contribution in [0.15, 0.2) is 0 Å². The molecule has 1 rings (SSSR count). The Labute approximate surface area is 109 Å². The summed E-state index contributed by atoms with van der Waals surface area (Å²) in [6, 6.07) is 0. The molecule has 0 aromatic heterocycles. The van der Waals surface area contributed by atoms with Crippen LogP contribution in [0.5, 0.6) is 0 Å². The second-order valence-corrected chi connectivity index (χ2v) is 5.43. The van der Waals surface area contributed by atoms with Crippen LogP contribution in [0, 0.1) is 11.8 Å². The van der Waals surface area contributed by atoms with Gasteiger partial charge in [-0.15, -0.1) is 0 Å². The molecule has 1 atom stereocenters. The molecular weight excluding hydrogens is 208 g/mol. The maximum absolute atomic E-state index is 8.90. The third-order valence-electron chi connectivity index (χ3n) is 3.85. The van der Waals surface area contributed by atoms with Crippen LogP contribution in [0.2, 0.25) is 0 Å². The summed E-state index contributed by atoms with van der Waals surface area (Å²) in [5, 5.41) is 8.90. The Bertz CT molecular complexity index is 138. The molecular formula is C16H34O. The van der Waals surface area contributed by atoms with Crippen LogP contribution in [0.4, 0.5) is 0 Å². The van der Waals surface area contributed by atoms with Crippen molar-refractivity contribution < 1.29 is 5.11 Å². The van der Waals surface area contributed by atoms with Crippen molar-refractivity contribution in [2.45, 2.75) is 85.0 Å². The highest BCUT2D eigenvalue weighted by molar-refractivity contribution is 4.65. The van der Waals surface area contributed by atoms with E-state index >= 15 is 0 Å². The molecule has 0 aromatic rings. The Morgan fingerprint density at radius 2 is 1.65 bits per heavy atom. The van der Waals surface area contributed by atoms with Crippen LogP contribution in [0.3, 0.4) is 0 Å². The summed E-state index contributed by atoms with van der Waals surface area (Å²) in [6.07, 6.45) is 14.2. The number of aliphatic hydroxyl groups excluding tert-OH is 1. The largest absolute Gasteiger partial charge is 0.396 e. The van der Waals surface area contributed by atoms with Gasteiger partial charge in [-0.3, -0.25) is 0 Å². The topological polar surface area (TPSA) is 20.2 Å². The van der Waals surface area contributed by atoms with Crippen LogP contribution in [-0.4, -0.2) is 11.7 Å². The van der Waals surface area contributed by atoms with Gasteiger partial charge in [0.1, 0.15) is 0 Å². The first-order valence-corrected chi connectivity index (χ1v) is 7.93. The average Bonchev–Trinajstić information content (AvgIpc) is 2.41. The standard InChI is InChI=1S/C14H28O.C2H6/c1-13(12-15)8-4-2-5-9-14-10-6-3-7-11-14;1-2/h13-15H,2-12H2,1H3;1-2H3. The smallest absolute Gasteiger partial charge is 0.0456 e. The van der Waals surface area contributed by atoms with Gasteiger partial charge < -0.3 is 5.11 Å². The second-order valence-electron chi connectivity index (χ2n) is 5.43. The van der Waals surface area contributed by atoms with Gasteiger partial charge in [0.25, 0.3) is 0 Å². The monoisotopic (exact) mass is 242 g/mol. The number of rotatable bonds is 7. The minimum atomic E-state index is 0.364.